The average Bonchev–Trinajstić information content (AvgIpc) is 2.83. The lowest BCUT2D eigenvalue weighted by Crippen LogP contribution is -2.60. The molecule has 0 aromatic heterocycles. The van der Waals surface area contributed by atoms with Gasteiger partial charge in [0, 0.05) is 24.7 Å². The number of ether oxygens (including phenoxy) is 1. The summed E-state index contributed by atoms with van der Waals surface area (Å²) in [5.74, 6) is 0.880. The minimum atomic E-state index is 0.0537. The van der Waals surface area contributed by atoms with Crippen LogP contribution in [0.4, 0.5) is 5.69 Å². The number of phenols is 1. The summed E-state index contributed by atoms with van der Waals surface area (Å²) in [5.41, 5.74) is 2.57. The third-order valence-electron chi connectivity index (χ3n) is 5.21. The number of morpholine rings is 1. The van der Waals surface area contributed by atoms with Crippen LogP contribution in [0.3, 0.4) is 0 Å². The van der Waals surface area contributed by atoms with Crippen molar-refractivity contribution >= 4 is 5.69 Å². The van der Waals surface area contributed by atoms with Gasteiger partial charge in [-0.15, -0.1) is 0 Å². The molecule has 4 heteroatoms. The van der Waals surface area contributed by atoms with Crippen molar-refractivity contribution in [3.05, 3.63) is 23.8 Å². The first-order chi connectivity index (χ1) is 9.79. The second-order valence-electron chi connectivity index (χ2n) is 6.22. The van der Waals surface area contributed by atoms with Crippen molar-refractivity contribution in [1.82, 2.24) is 4.90 Å². The number of fused-ring (bicyclic) bond motifs is 3. The van der Waals surface area contributed by atoms with Crippen LogP contribution in [0, 0.1) is 0 Å². The number of benzene rings is 1. The van der Waals surface area contributed by atoms with Crippen LogP contribution in [0.2, 0.25) is 0 Å². The van der Waals surface area contributed by atoms with Crippen LogP contribution in [-0.4, -0.2) is 42.0 Å². The number of aromatic hydroxyl groups is 1. The number of nitrogens with one attached hydrogen (secondary N) is 1. The van der Waals surface area contributed by atoms with Crippen molar-refractivity contribution in [3.63, 3.8) is 0 Å². The summed E-state index contributed by atoms with van der Waals surface area (Å²) in [6.45, 7) is 3.67. The van der Waals surface area contributed by atoms with Gasteiger partial charge in [0.15, 0.2) is 0 Å². The fraction of sp³-hybridized carbons (Fsp3) is 0.625. The molecule has 2 heterocycles. The molecule has 108 valence electrons. The lowest BCUT2D eigenvalue weighted by Gasteiger charge is -2.49. The molecule has 0 unspecified atom stereocenters. The highest BCUT2D eigenvalue weighted by Gasteiger charge is 2.51. The van der Waals surface area contributed by atoms with E-state index in [1.165, 1.54) is 36.9 Å². The van der Waals surface area contributed by atoms with Crippen molar-refractivity contribution in [1.29, 1.82) is 0 Å². The largest absolute Gasteiger partial charge is 0.508 e. The van der Waals surface area contributed by atoms with Gasteiger partial charge in [-0.05, 0) is 43.0 Å². The molecular formula is C16H22N2O2. The Hall–Kier alpha value is -1.26. The normalized spacial score (nSPS) is 33.3. The van der Waals surface area contributed by atoms with E-state index in [9.17, 15) is 5.11 Å². The number of nitrogens with zero attached hydrogens (tertiary/aromatic N) is 1. The van der Waals surface area contributed by atoms with Crippen LogP contribution in [0.5, 0.6) is 5.75 Å². The van der Waals surface area contributed by atoms with Crippen molar-refractivity contribution in [3.8, 4) is 5.75 Å². The molecule has 2 aliphatic heterocycles. The molecule has 4 rings (SSSR count). The quantitative estimate of drug-likeness (QED) is 0.772. The van der Waals surface area contributed by atoms with Gasteiger partial charge in [0.2, 0.25) is 0 Å². The van der Waals surface area contributed by atoms with E-state index < -0.39 is 0 Å². The van der Waals surface area contributed by atoms with Gasteiger partial charge in [0.25, 0.3) is 0 Å². The predicted molar refractivity (Wildman–Crippen MR) is 78.1 cm³/mol. The maximum Gasteiger partial charge on any atom is 0.116 e. The standard InChI is InChI=1S/C16H22N2O2/c19-12-4-5-15-13(11-12)14-3-1-2-6-16(14,17-15)18-7-9-20-10-8-18/h4-5,11,14,17,19H,1-3,6-10H2/t14-,16+/m1/s1. The molecule has 3 aliphatic rings. The summed E-state index contributed by atoms with van der Waals surface area (Å²) in [6.07, 6.45) is 4.96. The molecule has 1 saturated carbocycles. The Balaban J connectivity index is 1.74. The minimum absolute atomic E-state index is 0.0537. The Labute approximate surface area is 119 Å². The van der Waals surface area contributed by atoms with Gasteiger partial charge in [0.05, 0.1) is 18.9 Å². The zero-order valence-electron chi connectivity index (χ0n) is 11.8. The van der Waals surface area contributed by atoms with E-state index in [0.717, 1.165) is 26.3 Å². The van der Waals surface area contributed by atoms with Gasteiger partial charge in [-0.3, -0.25) is 4.90 Å². The van der Waals surface area contributed by atoms with E-state index in [1.54, 1.807) is 6.07 Å². The second kappa shape index (κ2) is 4.64. The van der Waals surface area contributed by atoms with Gasteiger partial charge in [-0.2, -0.15) is 0 Å². The molecular weight excluding hydrogens is 252 g/mol. The molecule has 1 saturated heterocycles. The van der Waals surface area contributed by atoms with E-state index in [4.69, 9.17) is 4.74 Å². The zero-order chi connectivity index (χ0) is 13.6. The Bertz CT molecular complexity index is 513. The number of phenolic OH excluding ortho intramolecular Hbond substituents is 1. The minimum Gasteiger partial charge on any atom is -0.508 e. The predicted octanol–water partition coefficient (Wildman–Crippen LogP) is 2.50. The van der Waals surface area contributed by atoms with Crippen LogP contribution in [0.25, 0.3) is 0 Å². The number of anilines is 1. The lowest BCUT2D eigenvalue weighted by atomic mass is 9.76. The zero-order valence-corrected chi connectivity index (χ0v) is 11.8. The lowest BCUT2D eigenvalue weighted by molar-refractivity contribution is -0.0308. The maximum atomic E-state index is 9.82. The van der Waals surface area contributed by atoms with Gasteiger partial charge >= 0.3 is 0 Å². The van der Waals surface area contributed by atoms with Gasteiger partial charge in [-0.25, -0.2) is 0 Å². The fourth-order valence-electron chi connectivity index (χ4n) is 4.32. The van der Waals surface area contributed by atoms with E-state index in [1.807, 2.05) is 12.1 Å². The van der Waals surface area contributed by atoms with Crippen LogP contribution < -0.4 is 5.32 Å². The first kappa shape index (κ1) is 12.5. The second-order valence-corrected chi connectivity index (χ2v) is 6.22. The highest BCUT2D eigenvalue weighted by molar-refractivity contribution is 5.63. The molecule has 2 atom stereocenters. The summed E-state index contributed by atoms with van der Waals surface area (Å²) >= 11 is 0. The molecule has 20 heavy (non-hydrogen) atoms. The highest BCUT2D eigenvalue weighted by Crippen LogP contribution is 2.52. The average molecular weight is 274 g/mol. The van der Waals surface area contributed by atoms with Crippen LogP contribution in [-0.2, 0) is 4.74 Å². The molecule has 0 bridgehead atoms. The van der Waals surface area contributed by atoms with Crippen LogP contribution >= 0.6 is 0 Å². The van der Waals surface area contributed by atoms with Crippen molar-refractivity contribution in [2.75, 3.05) is 31.6 Å². The summed E-state index contributed by atoms with van der Waals surface area (Å²) in [6, 6.07) is 5.78. The maximum absolute atomic E-state index is 9.82. The van der Waals surface area contributed by atoms with E-state index in [-0.39, 0.29) is 5.66 Å². The number of rotatable bonds is 1. The Morgan fingerprint density at radius 2 is 2.10 bits per heavy atom. The van der Waals surface area contributed by atoms with Gasteiger partial charge in [0.1, 0.15) is 5.75 Å². The number of hydrogen-bond donors (Lipinski definition) is 2. The molecule has 1 aliphatic carbocycles. The van der Waals surface area contributed by atoms with E-state index in [0.29, 0.717) is 11.7 Å². The summed E-state index contributed by atoms with van der Waals surface area (Å²) in [7, 11) is 0. The first-order valence-corrected chi connectivity index (χ1v) is 7.73. The monoisotopic (exact) mass is 274 g/mol. The Morgan fingerprint density at radius 1 is 1.25 bits per heavy atom. The summed E-state index contributed by atoms with van der Waals surface area (Å²) in [4.78, 5) is 2.58. The third-order valence-corrected chi connectivity index (χ3v) is 5.21. The third kappa shape index (κ3) is 1.75. The number of hydrogen-bond acceptors (Lipinski definition) is 4. The van der Waals surface area contributed by atoms with Crippen LogP contribution in [0.15, 0.2) is 18.2 Å². The molecule has 1 aromatic rings. The van der Waals surface area contributed by atoms with Gasteiger partial charge in [-0.1, -0.05) is 6.42 Å². The van der Waals surface area contributed by atoms with Crippen molar-refractivity contribution < 1.29 is 9.84 Å². The molecule has 0 radical (unpaired) electrons. The van der Waals surface area contributed by atoms with Crippen molar-refractivity contribution in [2.45, 2.75) is 37.3 Å². The van der Waals surface area contributed by atoms with E-state index in [2.05, 4.69) is 10.2 Å². The van der Waals surface area contributed by atoms with Gasteiger partial charge < -0.3 is 15.2 Å². The summed E-state index contributed by atoms with van der Waals surface area (Å²) in [5, 5.41) is 13.6. The highest BCUT2D eigenvalue weighted by atomic mass is 16.5. The molecule has 4 nitrogen and oxygen atoms in total. The molecule has 2 fully saturated rings. The Morgan fingerprint density at radius 3 is 2.95 bits per heavy atom. The van der Waals surface area contributed by atoms with Crippen molar-refractivity contribution in [2.24, 2.45) is 0 Å². The smallest absolute Gasteiger partial charge is 0.116 e. The first-order valence-electron chi connectivity index (χ1n) is 7.73. The molecule has 2 N–H and O–H groups in total. The molecule has 0 amide bonds. The SMILES string of the molecule is Oc1ccc2c(c1)[C@H]1CCCC[C@@]1(N1CCOCC1)N2. The molecule has 1 aromatic carbocycles. The Kier molecular flexibility index (Phi) is 2.89. The fourth-order valence-corrected chi connectivity index (χ4v) is 4.32. The topological polar surface area (TPSA) is 44.7 Å². The van der Waals surface area contributed by atoms with E-state index >= 15 is 0 Å². The summed E-state index contributed by atoms with van der Waals surface area (Å²) < 4.78 is 5.52. The molecule has 0 spiro atoms. The van der Waals surface area contributed by atoms with Crippen LogP contribution in [0.1, 0.15) is 37.2 Å².